The number of rotatable bonds is 4. The van der Waals surface area contributed by atoms with Crippen LogP contribution < -0.4 is 10.2 Å². The van der Waals surface area contributed by atoms with Crippen molar-refractivity contribution in [2.75, 3.05) is 18.0 Å². The molecule has 5 nitrogen and oxygen atoms in total. The van der Waals surface area contributed by atoms with Gasteiger partial charge in [0.25, 0.3) is 5.91 Å². The largest absolute Gasteiger partial charge is 0.353 e. The lowest BCUT2D eigenvalue weighted by Crippen LogP contribution is -2.48. The highest BCUT2D eigenvalue weighted by atomic mass is 19.1. The second-order valence-electron chi connectivity index (χ2n) is 7.37. The highest BCUT2D eigenvalue weighted by Crippen LogP contribution is 2.24. The lowest BCUT2D eigenvalue weighted by Gasteiger charge is -2.33. The molecule has 29 heavy (non-hydrogen) atoms. The van der Waals surface area contributed by atoms with Crippen molar-refractivity contribution in [2.24, 2.45) is 0 Å². The van der Waals surface area contributed by atoms with Gasteiger partial charge in [-0.3, -0.25) is 9.89 Å². The van der Waals surface area contributed by atoms with E-state index in [-0.39, 0.29) is 23.6 Å². The third-order valence-electron chi connectivity index (χ3n) is 5.23. The van der Waals surface area contributed by atoms with E-state index in [1.165, 1.54) is 18.2 Å². The average Bonchev–Trinajstić information content (AvgIpc) is 3.21. The summed E-state index contributed by atoms with van der Waals surface area (Å²) in [5, 5.41) is 10.4. The third-order valence-corrected chi connectivity index (χ3v) is 5.23. The number of halogens is 2. The van der Waals surface area contributed by atoms with E-state index in [0.29, 0.717) is 17.7 Å². The van der Waals surface area contributed by atoms with Crippen LogP contribution >= 0.6 is 0 Å². The number of benzene rings is 2. The fourth-order valence-electron chi connectivity index (χ4n) is 3.56. The molecule has 1 amide bonds. The first-order chi connectivity index (χ1) is 14.0. The number of H-pyrrole nitrogens is 1. The van der Waals surface area contributed by atoms with E-state index in [2.05, 4.69) is 20.4 Å². The van der Waals surface area contributed by atoms with Gasteiger partial charge in [0.05, 0.1) is 5.69 Å². The minimum Gasteiger partial charge on any atom is -0.353 e. The Morgan fingerprint density at radius 1 is 1.17 bits per heavy atom. The summed E-state index contributed by atoms with van der Waals surface area (Å²) in [7, 11) is 0. The first kappa shape index (κ1) is 19.1. The fourth-order valence-corrected chi connectivity index (χ4v) is 3.56. The minimum absolute atomic E-state index is 0.0495. The predicted octanol–water partition coefficient (Wildman–Crippen LogP) is 4.06. The van der Waals surface area contributed by atoms with Crippen molar-refractivity contribution >= 4 is 11.7 Å². The number of anilines is 1. The number of amides is 1. The molecular weight excluding hydrogens is 374 g/mol. The molecule has 4 rings (SSSR count). The van der Waals surface area contributed by atoms with Gasteiger partial charge in [-0.05, 0) is 67.3 Å². The van der Waals surface area contributed by atoms with Gasteiger partial charge in [0.1, 0.15) is 11.6 Å². The molecule has 1 atom stereocenters. The van der Waals surface area contributed by atoms with Crippen LogP contribution in [0.4, 0.5) is 14.6 Å². The molecule has 0 saturated carbocycles. The quantitative estimate of drug-likeness (QED) is 0.699. The van der Waals surface area contributed by atoms with Crippen LogP contribution in [0.3, 0.4) is 0 Å². The van der Waals surface area contributed by atoms with E-state index < -0.39 is 0 Å². The van der Waals surface area contributed by atoms with Gasteiger partial charge >= 0.3 is 0 Å². The predicted molar refractivity (Wildman–Crippen MR) is 108 cm³/mol. The summed E-state index contributed by atoms with van der Waals surface area (Å²) in [5.41, 5.74) is 2.50. The number of hydrogen-bond acceptors (Lipinski definition) is 3. The normalized spacial score (nSPS) is 16.7. The van der Waals surface area contributed by atoms with Crippen molar-refractivity contribution in [1.82, 2.24) is 15.5 Å². The number of carbonyl (C=O) groups is 1. The second-order valence-corrected chi connectivity index (χ2v) is 7.37. The van der Waals surface area contributed by atoms with Crippen LogP contribution in [0.25, 0.3) is 11.3 Å². The highest BCUT2D eigenvalue weighted by Gasteiger charge is 2.24. The Morgan fingerprint density at radius 3 is 2.72 bits per heavy atom. The average molecular weight is 396 g/mol. The van der Waals surface area contributed by atoms with Crippen LogP contribution in [0, 0.1) is 18.6 Å². The molecule has 1 aliphatic heterocycles. The molecule has 1 aromatic heterocycles. The van der Waals surface area contributed by atoms with Crippen molar-refractivity contribution in [3.8, 4) is 11.3 Å². The molecule has 3 aromatic rings. The Kier molecular flexibility index (Phi) is 5.29. The van der Waals surface area contributed by atoms with E-state index in [1.54, 1.807) is 31.2 Å². The number of piperidine rings is 1. The molecule has 0 bridgehead atoms. The van der Waals surface area contributed by atoms with Gasteiger partial charge in [0, 0.05) is 30.8 Å². The molecule has 0 spiro atoms. The Labute approximate surface area is 167 Å². The molecule has 2 heterocycles. The first-order valence-corrected chi connectivity index (χ1v) is 9.63. The molecule has 0 radical (unpaired) electrons. The number of nitrogens with one attached hydrogen (secondary N) is 2. The number of nitrogens with zero attached hydrogens (tertiary/aromatic N) is 2. The van der Waals surface area contributed by atoms with Gasteiger partial charge in [-0.25, -0.2) is 8.78 Å². The lowest BCUT2D eigenvalue weighted by atomic mass is 10.0. The van der Waals surface area contributed by atoms with Crippen molar-refractivity contribution in [1.29, 1.82) is 0 Å². The number of carbonyl (C=O) groups excluding carboxylic acids is 1. The summed E-state index contributed by atoms with van der Waals surface area (Å²) in [6, 6.07) is 12.6. The van der Waals surface area contributed by atoms with Gasteiger partial charge in [-0.15, -0.1) is 0 Å². The first-order valence-electron chi connectivity index (χ1n) is 9.63. The monoisotopic (exact) mass is 396 g/mol. The molecule has 1 aliphatic rings. The summed E-state index contributed by atoms with van der Waals surface area (Å²) < 4.78 is 26.9. The van der Waals surface area contributed by atoms with Crippen LogP contribution in [0.2, 0.25) is 0 Å². The number of aromatic amines is 1. The topological polar surface area (TPSA) is 61.0 Å². The molecule has 2 aromatic carbocycles. The number of aromatic nitrogens is 2. The maximum Gasteiger partial charge on any atom is 0.251 e. The Bertz CT molecular complexity index is 1020. The molecule has 1 saturated heterocycles. The fraction of sp³-hybridized carbons (Fsp3) is 0.273. The summed E-state index contributed by atoms with van der Waals surface area (Å²) >= 11 is 0. The van der Waals surface area contributed by atoms with Gasteiger partial charge in [-0.1, -0.05) is 6.07 Å². The Morgan fingerprint density at radius 2 is 1.97 bits per heavy atom. The standard InChI is InChI=1S/C22H22F2N4O/c1-14-4-5-16(11-19(14)24)22(29)25-18-3-2-10-28(13-18)21-12-20(26-27-21)15-6-8-17(23)9-7-15/h4-9,11-12,18H,2-3,10,13H2,1H3,(H,25,29)(H,26,27)/t18-/m0/s1. The molecule has 2 N–H and O–H groups in total. The summed E-state index contributed by atoms with van der Waals surface area (Å²) in [5.74, 6) is -0.154. The van der Waals surface area contributed by atoms with Gasteiger partial charge in [0.2, 0.25) is 0 Å². The SMILES string of the molecule is Cc1ccc(C(=O)N[C@H]2CCCN(c3cc(-c4ccc(F)cc4)[nH]n3)C2)cc1F. The van der Waals surface area contributed by atoms with Crippen LogP contribution in [0.5, 0.6) is 0 Å². The number of aryl methyl sites for hydroxylation is 1. The lowest BCUT2D eigenvalue weighted by molar-refractivity contribution is 0.0932. The molecular formula is C22H22F2N4O. The second kappa shape index (κ2) is 8.03. The minimum atomic E-state index is -0.382. The zero-order valence-electron chi connectivity index (χ0n) is 16.1. The zero-order chi connectivity index (χ0) is 20.4. The van der Waals surface area contributed by atoms with E-state index in [4.69, 9.17) is 0 Å². The third kappa shape index (κ3) is 4.29. The van der Waals surface area contributed by atoms with Crippen molar-refractivity contribution in [3.63, 3.8) is 0 Å². The summed E-state index contributed by atoms with van der Waals surface area (Å²) in [4.78, 5) is 14.6. The van der Waals surface area contributed by atoms with Gasteiger partial charge in [-0.2, -0.15) is 5.10 Å². The van der Waals surface area contributed by atoms with Crippen LogP contribution in [0.15, 0.2) is 48.5 Å². The van der Waals surface area contributed by atoms with E-state index >= 15 is 0 Å². The van der Waals surface area contributed by atoms with Gasteiger partial charge in [0.15, 0.2) is 5.82 Å². The molecule has 150 valence electrons. The van der Waals surface area contributed by atoms with Crippen molar-refractivity contribution < 1.29 is 13.6 Å². The van der Waals surface area contributed by atoms with Crippen LogP contribution in [0.1, 0.15) is 28.8 Å². The maximum atomic E-state index is 13.7. The van der Waals surface area contributed by atoms with Crippen molar-refractivity contribution in [3.05, 3.63) is 71.3 Å². The smallest absolute Gasteiger partial charge is 0.251 e. The zero-order valence-corrected chi connectivity index (χ0v) is 16.1. The summed E-state index contributed by atoms with van der Waals surface area (Å²) in [6.07, 6.45) is 1.76. The maximum absolute atomic E-state index is 13.7. The number of hydrogen-bond donors (Lipinski definition) is 2. The van der Waals surface area contributed by atoms with E-state index in [1.807, 2.05) is 6.07 Å². The molecule has 7 heteroatoms. The Hall–Kier alpha value is -3.22. The molecule has 0 aliphatic carbocycles. The van der Waals surface area contributed by atoms with Crippen molar-refractivity contribution in [2.45, 2.75) is 25.8 Å². The van der Waals surface area contributed by atoms with E-state index in [0.717, 1.165) is 36.5 Å². The Balaban J connectivity index is 1.42. The van der Waals surface area contributed by atoms with Crippen LogP contribution in [-0.4, -0.2) is 35.2 Å². The van der Waals surface area contributed by atoms with Gasteiger partial charge < -0.3 is 10.2 Å². The summed E-state index contributed by atoms with van der Waals surface area (Å²) in [6.45, 7) is 3.12. The van der Waals surface area contributed by atoms with Crippen LogP contribution in [-0.2, 0) is 0 Å². The van der Waals surface area contributed by atoms with E-state index in [9.17, 15) is 13.6 Å². The highest BCUT2D eigenvalue weighted by molar-refractivity contribution is 5.94. The molecule has 0 unspecified atom stereocenters. The molecule has 1 fully saturated rings.